The number of carbonyl (C=O) groups is 4. The Morgan fingerprint density at radius 3 is 2.55 bits per heavy atom. The summed E-state index contributed by atoms with van der Waals surface area (Å²) in [6, 6.07) is 11.1. The maximum atomic E-state index is 13.7. The number of fused-ring (bicyclic) bond motifs is 1. The molecule has 2 aliphatic heterocycles. The minimum absolute atomic E-state index is 0.0282. The van der Waals surface area contributed by atoms with Crippen molar-refractivity contribution in [3.63, 3.8) is 0 Å². The average molecular weight is 639 g/mol. The molecule has 2 aliphatic rings. The van der Waals surface area contributed by atoms with Gasteiger partial charge in [0.2, 0.25) is 22.9 Å². The number of Topliss-reactive ketones (excluding diaryl/α,β-unsaturated/α-hetero) is 1. The number of piperazine rings is 1. The Morgan fingerprint density at radius 1 is 1.07 bits per heavy atom. The molecule has 5 rings (SSSR count). The van der Waals surface area contributed by atoms with E-state index in [1.54, 1.807) is 41.3 Å². The summed E-state index contributed by atoms with van der Waals surface area (Å²) in [5.74, 6) is 1.92. The molecule has 0 radical (unpaired) electrons. The Hall–Kier alpha value is -3.88. The Balaban J connectivity index is 1.37. The van der Waals surface area contributed by atoms with Gasteiger partial charge in [-0.3, -0.25) is 19.2 Å². The van der Waals surface area contributed by atoms with E-state index in [-0.39, 0.29) is 35.0 Å². The molecule has 2 unspecified atom stereocenters. The highest BCUT2D eigenvalue weighted by molar-refractivity contribution is 8.14. The molecule has 0 aliphatic carbocycles. The molecule has 232 valence electrons. The first kappa shape index (κ1) is 31.5. The largest absolute Gasteiger partial charge is 0.493 e. The summed E-state index contributed by atoms with van der Waals surface area (Å²) >= 11 is 2.57. The lowest BCUT2D eigenvalue weighted by Gasteiger charge is -2.35. The first-order valence-corrected chi connectivity index (χ1v) is 16.3. The maximum Gasteiger partial charge on any atom is 0.249 e. The topological polar surface area (TPSA) is 143 Å². The van der Waals surface area contributed by atoms with Crippen LogP contribution >= 0.6 is 23.5 Å². The van der Waals surface area contributed by atoms with E-state index in [9.17, 15) is 19.2 Å². The summed E-state index contributed by atoms with van der Waals surface area (Å²) in [5.41, 5.74) is 1.08. The number of amides is 2. The molecule has 14 heteroatoms. The third-order valence-electron chi connectivity index (χ3n) is 7.46. The molecule has 0 saturated carbocycles. The van der Waals surface area contributed by atoms with Crippen LogP contribution in [0.4, 0.5) is 11.8 Å². The van der Waals surface area contributed by atoms with Crippen LogP contribution in [-0.4, -0.2) is 101 Å². The minimum Gasteiger partial charge on any atom is -0.493 e. The maximum absolute atomic E-state index is 13.7. The number of hydrogen-bond acceptors (Lipinski definition) is 12. The number of nitrogens with one attached hydrogen (secondary N) is 2. The zero-order valence-corrected chi connectivity index (χ0v) is 26.3. The van der Waals surface area contributed by atoms with Crippen LogP contribution < -0.4 is 25.0 Å². The number of aromatic nitrogens is 2. The summed E-state index contributed by atoms with van der Waals surface area (Å²) in [7, 11) is 3.04. The van der Waals surface area contributed by atoms with Crippen LogP contribution in [0, 0.1) is 0 Å². The van der Waals surface area contributed by atoms with E-state index in [0.29, 0.717) is 70.9 Å². The first-order chi connectivity index (χ1) is 21.3. The number of hydrogen-bond donors (Lipinski definition) is 2. The van der Waals surface area contributed by atoms with Gasteiger partial charge >= 0.3 is 0 Å². The van der Waals surface area contributed by atoms with Crippen molar-refractivity contribution in [3.8, 4) is 11.5 Å². The van der Waals surface area contributed by atoms with E-state index in [1.165, 1.54) is 32.9 Å². The third-order valence-corrected chi connectivity index (χ3v) is 9.38. The Bertz CT molecular complexity index is 1560. The normalized spacial score (nSPS) is 18.2. The van der Waals surface area contributed by atoms with Gasteiger partial charge < -0.3 is 29.9 Å². The lowest BCUT2D eigenvalue weighted by Crippen LogP contribution is -2.55. The summed E-state index contributed by atoms with van der Waals surface area (Å²) < 4.78 is 11.0. The van der Waals surface area contributed by atoms with Gasteiger partial charge in [-0.2, -0.15) is 4.98 Å². The molecule has 2 saturated heterocycles. The summed E-state index contributed by atoms with van der Waals surface area (Å²) in [6.07, 6.45) is 0.126. The molecule has 3 aromatic rings. The van der Waals surface area contributed by atoms with Gasteiger partial charge in [0, 0.05) is 54.6 Å². The Labute approximate surface area is 263 Å². The molecule has 2 aromatic carbocycles. The zero-order valence-electron chi connectivity index (χ0n) is 24.7. The average Bonchev–Trinajstić information content (AvgIpc) is 3.55. The van der Waals surface area contributed by atoms with E-state index >= 15 is 0 Å². The first-order valence-electron chi connectivity index (χ1n) is 14.1. The number of benzene rings is 2. The number of methoxy groups -OCH3 is 2. The molecule has 0 bridgehead atoms. The molecule has 12 nitrogen and oxygen atoms in total. The molecule has 3 heterocycles. The van der Waals surface area contributed by atoms with Gasteiger partial charge in [0.25, 0.3) is 0 Å². The van der Waals surface area contributed by atoms with Gasteiger partial charge in [-0.25, -0.2) is 4.98 Å². The molecule has 44 heavy (non-hydrogen) atoms. The van der Waals surface area contributed by atoms with Crippen molar-refractivity contribution in [2.24, 2.45) is 0 Å². The number of ether oxygens (including phenoxy) is 2. The fraction of sp³-hybridized carbons (Fsp3) is 0.400. The number of anilines is 2. The van der Waals surface area contributed by atoms with Gasteiger partial charge in [-0.05, 0) is 13.0 Å². The minimum atomic E-state index is -0.722. The van der Waals surface area contributed by atoms with Crippen molar-refractivity contribution in [2.45, 2.75) is 25.4 Å². The van der Waals surface area contributed by atoms with Crippen LogP contribution in [0.15, 0.2) is 42.5 Å². The number of rotatable bonds is 10. The fourth-order valence-electron chi connectivity index (χ4n) is 5.11. The van der Waals surface area contributed by atoms with Crippen molar-refractivity contribution >= 4 is 68.9 Å². The standard InChI is InChI=1S/C30H34N6O6S2/c1-18(37)22-15-31-10-11-35(22)30-32-21-14-25(42-3)24(41-2)13-20(21)27(34-30)33-28(39)23-16-43-17-36(23)26(38)9-12-44-29(40)19-7-5-4-6-8-19/h4-8,13-14,22-23,31H,9-12,15-17H2,1-3H3,(H,32,33,34,39). The number of ketones is 1. The molecule has 2 atom stereocenters. The molecule has 2 N–H and O–H groups in total. The van der Waals surface area contributed by atoms with Gasteiger partial charge in [0.1, 0.15) is 17.9 Å². The second kappa shape index (κ2) is 14.3. The van der Waals surface area contributed by atoms with Crippen molar-refractivity contribution in [3.05, 3.63) is 48.0 Å². The predicted octanol–water partition coefficient (Wildman–Crippen LogP) is 2.82. The van der Waals surface area contributed by atoms with Crippen LogP contribution in [-0.2, 0) is 14.4 Å². The molecule has 0 spiro atoms. The van der Waals surface area contributed by atoms with E-state index in [2.05, 4.69) is 10.6 Å². The summed E-state index contributed by atoms with van der Waals surface area (Å²) in [5, 5.41) is 6.59. The monoisotopic (exact) mass is 638 g/mol. The van der Waals surface area contributed by atoms with Crippen molar-refractivity contribution in [1.82, 2.24) is 20.2 Å². The molecule has 1 aromatic heterocycles. The van der Waals surface area contributed by atoms with E-state index in [4.69, 9.17) is 19.4 Å². The van der Waals surface area contributed by atoms with Crippen LogP contribution in [0.2, 0.25) is 0 Å². The van der Waals surface area contributed by atoms with Gasteiger partial charge in [-0.1, -0.05) is 42.1 Å². The quantitative estimate of drug-likeness (QED) is 0.337. The fourth-order valence-corrected chi connectivity index (χ4v) is 7.06. The highest BCUT2D eigenvalue weighted by Crippen LogP contribution is 2.36. The van der Waals surface area contributed by atoms with Crippen molar-refractivity contribution < 1.29 is 28.7 Å². The van der Waals surface area contributed by atoms with Gasteiger partial charge in [-0.15, -0.1) is 11.8 Å². The highest BCUT2D eigenvalue weighted by Gasteiger charge is 2.35. The van der Waals surface area contributed by atoms with Crippen molar-refractivity contribution in [2.75, 3.05) is 61.5 Å². The predicted molar refractivity (Wildman–Crippen MR) is 172 cm³/mol. The van der Waals surface area contributed by atoms with E-state index in [0.717, 1.165) is 11.8 Å². The van der Waals surface area contributed by atoms with E-state index < -0.39 is 12.1 Å². The van der Waals surface area contributed by atoms with Gasteiger partial charge in [0.15, 0.2) is 17.3 Å². The smallest absolute Gasteiger partial charge is 0.249 e. The van der Waals surface area contributed by atoms with Gasteiger partial charge in [0.05, 0.1) is 25.6 Å². The van der Waals surface area contributed by atoms with Crippen molar-refractivity contribution in [1.29, 1.82) is 0 Å². The second-order valence-electron chi connectivity index (χ2n) is 10.2. The van der Waals surface area contributed by atoms with E-state index in [1.807, 2.05) is 11.0 Å². The Morgan fingerprint density at radius 2 is 1.82 bits per heavy atom. The highest BCUT2D eigenvalue weighted by atomic mass is 32.2. The number of thioether (sulfide) groups is 2. The van der Waals surface area contributed by atoms with Crippen LogP contribution in [0.5, 0.6) is 11.5 Å². The Kier molecular flexibility index (Phi) is 10.2. The van der Waals surface area contributed by atoms with Crippen LogP contribution in [0.3, 0.4) is 0 Å². The molecular formula is C30H34N6O6S2. The second-order valence-corrected chi connectivity index (χ2v) is 12.3. The molecule has 2 amide bonds. The SMILES string of the molecule is COc1cc2nc(N3CCNCC3C(C)=O)nc(NC(=O)C3CSCN3C(=O)CCSC(=O)c3ccccc3)c2cc1OC. The lowest BCUT2D eigenvalue weighted by atomic mass is 10.1. The van der Waals surface area contributed by atoms with Crippen LogP contribution in [0.25, 0.3) is 10.9 Å². The van der Waals surface area contributed by atoms with Crippen LogP contribution in [0.1, 0.15) is 23.7 Å². The number of nitrogens with zero attached hydrogens (tertiary/aromatic N) is 4. The summed E-state index contributed by atoms with van der Waals surface area (Å²) in [6.45, 7) is 3.13. The molecule has 2 fully saturated rings. The zero-order chi connectivity index (χ0) is 31.2. The third kappa shape index (κ3) is 6.92. The molecular weight excluding hydrogens is 605 g/mol. The number of carbonyl (C=O) groups excluding carboxylic acids is 4. The lowest BCUT2D eigenvalue weighted by molar-refractivity contribution is -0.135. The summed E-state index contributed by atoms with van der Waals surface area (Å²) in [4.78, 5) is 64.6.